The van der Waals surface area contributed by atoms with Crippen molar-refractivity contribution in [3.05, 3.63) is 64.6 Å². The molecule has 8 heteroatoms. The third-order valence-electron chi connectivity index (χ3n) is 4.76. The van der Waals surface area contributed by atoms with Crippen LogP contribution in [0, 0.1) is 0 Å². The normalized spacial score (nSPS) is 16.7. The van der Waals surface area contributed by atoms with E-state index >= 15 is 0 Å². The van der Waals surface area contributed by atoms with Crippen molar-refractivity contribution in [1.29, 1.82) is 0 Å². The van der Waals surface area contributed by atoms with Gasteiger partial charge in [-0.15, -0.1) is 0 Å². The number of sulfonamides is 1. The molecule has 0 spiro atoms. The molecule has 1 saturated heterocycles. The fourth-order valence-corrected chi connectivity index (χ4v) is 4.67. The second-order valence-corrected chi connectivity index (χ2v) is 9.51. The van der Waals surface area contributed by atoms with Crippen molar-refractivity contribution in [2.45, 2.75) is 24.4 Å². The number of hydrogen-bond donors (Lipinski definition) is 1. The highest BCUT2D eigenvalue weighted by atomic mass is 79.9. The molecule has 1 amide bonds. The summed E-state index contributed by atoms with van der Waals surface area (Å²) in [6.07, 6.45) is 0. The highest BCUT2D eigenvalue weighted by Gasteiger charge is 2.28. The zero-order valence-electron chi connectivity index (χ0n) is 15.7. The van der Waals surface area contributed by atoms with Crippen LogP contribution in [0.15, 0.2) is 64.0 Å². The van der Waals surface area contributed by atoms with Gasteiger partial charge in [-0.3, -0.25) is 9.69 Å². The van der Waals surface area contributed by atoms with Gasteiger partial charge in [0.05, 0.1) is 10.9 Å². The quantitative estimate of drug-likeness (QED) is 0.711. The van der Waals surface area contributed by atoms with E-state index in [1.54, 1.807) is 24.0 Å². The van der Waals surface area contributed by atoms with Crippen LogP contribution >= 0.6 is 15.9 Å². The summed E-state index contributed by atoms with van der Waals surface area (Å²) < 4.78 is 28.3. The molecule has 2 aromatic rings. The first-order chi connectivity index (χ1) is 13.3. The SMILES string of the molecule is CC(NS(=O)(=O)c1ccc(Br)cc1)C(=O)N1CCN(Cc2ccccc2)CC1. The summed E-state index contributed by atoms with van der Waals surface area (Å²) in [5.74, 6) is -0.194. The van der Waals surface area contributed by atoms with Gasteiger partial charge < -0.3 is 4.90 Å². The minimum Gasteiger partial charge on any atom is -0.339 e. The summed E-state index contributed by atoms with van der Waals surface area (Å²) >= 11 is 3.28. The lowest BCUT2D eigenvalue weighted by atomic mass is 10.2. The number of amides is 1. The van der Waals surface area contributed by atoms with Crippen molar-refractivity contribution in [3.63, 3.8) is 0 Å². The van der Waals surface area contributed by atoms with E-state index in [1.165, 1.54) is 17.7 Å². The zero-order chi connectivity index (χ0) is 20.1. The molecule has 1 heterocycles. The van der Waals surface area contributed by atoms with Crippen molar-refractivity contribution in [1.82, 2.24) is 14.5 Å². The molecule has 1 aliphatic heterocycles. The Morgan fingerprint density at radius 1 is 1.04 bits per heavy atom. The van der Waals surface area contributed by atoms with Crippen LogP contribution < -0.4 is 4.72 Å². The third-order valence-corrected chi connectivity index (χ3v) is 6.84. The van der Waals surface area contributed by atoms with Crippen LogP contribution in [0.1, 0.15) is 12.5 Å². The van der Waals surface area contributed by atoms with Crippen LogP contribution in [-0.2, 0) is 21.4 Å². The molecule has 3 rings (SSSR count). The Morgan fingerprint density at radius 2 is 1.64 bits per heavy atom. The Morgan fingerprint density at radius 3 is 2.25 bits per heavy atom. The molecule has 0 aromatic heterocycles. The molecule has 0 saturated carbocycles. The molecule has 1 N–H and O–H groups in total. The van der Waals surface area contributed by atoms with Crippen molar-refractivity contribution in [2.75, 3.05) is 26.2 Å². The molecule has 0 bridgehead atoms. The van der Waals surface area contributed by atoms with Crippen molar-refractivity contribution in [3.8, 4) is 0 Å². The Hall–Kier alpha value is -1.74. The van der Waals surface area contributed by atoms with E-state index in [0.29, 0.717) is 13.1 Å². The zero-order valence-corrected chi connectivity index (χ0v) is 18.1. The molecular formula is C20H24BrN3O3S. The van der Waals surface area contributed by atoms with E-state index in [0.717, 1.165) is 24.1 Å². The lowest BCUT2D eigenvalue weighted by molar-refractivity contribution is -0.134. The van der Waals surface area contributed by atoms with E-state index in [1.807, 2.05) is 18.2 Å². The van der Waals surface area contributed by atoms with Gasteiger partial charge in [0.15, 0.2) is 0 Å². The fraction of sp³-hybridized carbons (Fsp3) is 0.350. The van der Waals surface area contributed by atoms with Gasteiger partial charge in [-0.2, -0.15) is 4.72 Å². The van der Waals surface area contributed by atoms with Gasteiger partial charge in [0.25, 0.3) is 0 Å². The predicted octanol–water partition coefficient (Wildman–Crippen LogP) is 2.46. The summed E-state index contributed by atoms with van der Waals surface area (Å²) in [5.41, 5.74) is 1.25. The standard InChI is InChI=1S/C20H24BrN3O3S/c1-16(22-28(26,27)19-9-7-18(21)8-10-19)20(25)24-13-11-23(12-14-24)15-17-5-3-2-4-6-17/h2-10,16,22H,11-15H2,1H3. The number of rotatable bonds is 6. The summed E-state index contributed by atoms with van der Waals surface area (Å²) in [4.78, 5) is 16.9. The maximum atomic E-state index is 12.7. The van der Waals surface area contributed by atoms with Crippen LogP contribution in [0.4, 0.5) is 0 Å². The third kappa shape index (κ3) is 5.41. The number of nitrogens with one attached hydrogen (secondary N) is 1. The molecule has 28 heavy (non-hydrogen) atoms. The maximum absolute atomic E-state index is 12.7. The Kier molecular flexibility index (Phi) is 6.87. The Balaban J connectivity index is 1.53. The first kappa shape index (κ1) is 21.0. The largest absolute Gasteiger partial charge is 0.339 e. The lowest BCUT2D eigenvalue weighted by Crippen LogP contribution is -2.53. The smallest absolute Gasteiger partial charge is 0.241 e. The molecule has 0 radical (unpaired) electrons. The van der Waals surface area contributed by atoms with Gasteiger partial charge >= 0.3 is 0 Å². The summed E-state index contributed by atoms with van der Waals surface area (Å²) in [6.45, 7) is 5.18. The molecule has 150 valence electrons. The topological polar surface area (TPSA) is 69.7 Å². The van der Waals surface area contributed by atoms with Crippen LogP contribution in [-0.4, -0.2) is 56.3 Å². The minimum atomic E-state index is -3.74. The van der Waals surface area contributed by atoms with Crippen molar-refractivity contribution < 1.29 is 13.2 Å². The van der Waals surface area contributed by atoms with E-state index in [9.17, 15) is 13.2 Å². The monoisotopic (exact) mass is 465 g/mol. The van der Waals surface area contributed by atoms with Gasteiger partial charge in [-0.1, -0.05) is 46.3 Å². The van der Waals surface area contributed by atoms with Gasteiger partial charge in [-0.05, 0) is 36.8 Å². The van der Waals surface area contributed by atoms with Gasteiger partial charge in [-0.25, -0.2) is 8.42 Å². The number of hydrogen-bond acceptors (Lipinski definition) is 4. The summed E-state index contributed by atoms with van der Waals surface area (Å²) in [5, 5.41) is 0. The first-order valence-electron chi connectivity index (χ1n) is 9.18. The summed E-state index contributed by atoms with van der Waals surface area (Å²) in [7, 11) is -3.74. The second kappa shape index (κ2) is 9.17. The summed E-state index contributed by atoms with van der Waals surface area (Å²) in [6, 6.07) is 15.7. The molecule has 1 aliphatic rings. The fourth-order valence-electron chi connectivity index (χ4n) is 3.21. The number of piperazine rings is 1. The Labute approximate surface area is 174 Å². The highest BCUT2D eigenvalue weighted by Crippen LogP contribution is 2.15. The first-order valence-corrected chi connectivity index (χ1v) is 11.5. The minimum absolute atomic E-state index is 0.142. The number of carbonyl (C=O) groups is 1. The van der Waals surface area contributed by atoms with E-state index < -0.39 is 16.1 Å². The predicted molar refractivity (Wildman–Crippen MR) is 112 cm³/mol. The van der Waals surface area contributed by atoms with Crippen LogP contribution in [0.25, 0.3) is 0 Å². The Bertz CT molecular complexity index is 896. The highest BCUT2D eigenvalue weighted by molar-refractivity contribution is 9.10. The van der Waals surface area contributed by atoms with Crippen LogP contribution in [0.3, 0.4) is 0 Å². The molecule has 0 aliphatic carbocycles. The van der Waals surface area contributed by atoms with Gasteiger partial charge in [0.1, 0.15) is 0 Å². The van der Waals surface area contributed by atoms with Gasteiger partial charge in [0.2, 0.25) is 15.9 Å². The molecule has 1 fully saturated rings. The second-order valence-electron chi connectivity index (χ2n) is 6.88. The molecular weight excluding hydrogens is 442 g/mol. The molecule has 2 aromatic carbocycles. The van der Waals surface area contributed by atoms with E-state index in [4.69, 9.17) is 0 Å². The van der Waals surface area contributed by atoms with Crippen molar-refractivity contribution >= 4 is 31.9 Å². The number of benzene rings is 2. The lowest BCUT2D eigenvalue weighted by Gasteiger charge is -2.36. The molecule has 6 nitrogen and oxygen atoms in total. The van der Waals surface area contributed by atoms with E-state index in [2.05, 4.69) is 37.7 Å². The number of carbonyl (C=O) groups excluding carboxylic acids is 1. The van der Waals surface area contributed by atoms with Crippen LogP contribution in [0.5, 0.6) is 0 Å². The molecule has 1 atom stereocenters. The van der Waals surface area contributed by atoms with E-state index in [-0.39, 0.29) is 10.8 Å². The maximum Gasteiger partial charge on any atom is 0.241 e. The number of halogens is 1. The average molecular weight is 466 g/mol. The van der Waals surface area contributed by atoms with Crippen molar-refractivity contribution in [2.24, 2.45) is 0 Å². The number of nitrogens with zero attached hydrogens (tertiary/aromatic N) is 2. The average Bonchev–Trinajstić information content (AvgIpc) is 2.69. The van der Waals surface area contributed by atoms with Gasteiger partial charge in [0, 0.05) is 37.2 Å². The molecule has 1 unspecified atom stereocenters. The van der Waals surface area contributed by atoms with Crippen LogP contribution in [0.2, 0.25) is 0 Å².